The Morgan fingerprint density at radius 1 is 0.909 bits per heavy atom. The topological polar surface area (TPSA) is 46.2 Å². The standard InChI is InChI=1S/C20H29NO/c1-14(2)12-20(22,13-15(3)4)19(21)18-11-7-9-16-8-5-6-10-17(16)18/h5-11,14-15,19,22H,12-13,21H2,1-4H3/t19-/m1/s1. The molecule has 2 nitrogen and oxygen atoms in total. The molecular weight excluding hydrogens is 270 g/mol. The van der Waals surface area contributed by atoms with Crippen LogP contribution >= 0.6 is 0 Å². The van der Waals surface area contributed by atoms with Gasteiger partial charge in [0, 0.05) is 0 Å². The summed E-state index contributed by atoms with van der Waals surface area (Å²) in [6, 6.07) is 14.1. The molecule has 0 saturated heterocycles. The summed E-state index contributed by atoms with van der Waals surface area (Å²) in [4.78, 5) is 0. The fourth-order valence-corrected chi connectivity index (χ4v) is 3.56. The molecule has 2 aromatic rings. The monoisotopic (exact) mass is 299 g/mol. The van der Waals surface area contributed by atoms with Crippen molar-refractivity contribution >= 4 is 10.8 Å². The third-order valence-electron chi connectivity index (χ3n) is 4.26. The van der Waals surface area contributed by atoms with E-state index in [1.807, 2.05) is 18.2 Å². The predicted octanol–water partition coefficient (Wildman–Crippen LogP) is 4.66. The summed E-state index contributed by atoms with van der Waals surface area (Å²) < 4.78 is 0. The second kappa shape index (κ2) is 6.80. The Morgan fingerprint density at radius 2 is 1.45 bits per heavy atom. The highest BCUT2D eigenvalue weighted by Gasteiger charge is 2.37. The highest BCUT2D eigenvalue weighted by Crippen LogP contribution is 2.37. The minimum Gasteiger partial charge on any atom is -0.388 e. The summed E-state index contributed by atoms with van der Waals surface area (Å²) in [5, 5.41) is 13.6. The van der Waals surface area contributed by atoms with Crippen molar-refractivity contribution in [2.24, 2.45) is 17.6 Å². The Morgan fingerprint density at radius 3 is 2.05 bits per heavy atom. The van der Waals surface area contributed by atoms with Gasteiger partial charge in [-0.3, -0.25) is 0 Å². The summed E-state index contributed by atoms with van der Waals surface area (Å²) in [6.45, 7) is 8.56. The first-order valence-electron chi connectivity index (χ1n) is 8.29. The number of hydrogen-bond donors (Lipinski definition) is 2. The molecule has 0 aliphatic carbocycles. The maximum absolute atomic E-state index is 11.3. The third-order valence-corrected chi connectivity index (χ3v) is 4.26. The van der Waals surface area contributed by atoms with Gasteiger partial charge in [-0.25, -0.2) is 0 Å². The van der Waals surface area contributed by atoms with Gasteiger partial charge in [-0.05, 0) is 41.0 Å². The van der Waals surface area contributed by atoms with Crippen LogP contribution in [0.25, 0.3) is 10.8 Å². The number of aliphatic hydroxyl groups is 1. The second-order valence-electron chi connectivity index (χ2n) is 7.35. The molecule has 2 heteroatoms. The maximum atomic E-state index is 11.3. The lowest BCUT2D eigenvalue weighted by atomic mass is 9.76. The lowest BCUT2D eigenvalue weighted by Crippen LogP contribution is -2.43. The Balaban J connectivity index is 2.46. The van der Waals surface area contributed by atoms with Gasteiger partial charge in [0.05, 0.1) is 11.6 Å². The van der Waals surface area contributed by atoms with Gasteiger partial charge in [0.1, 0.15) is 0 Å². The molecule has 0 heterocycles. The van der Waals surface area contributed by atoms with Crippen molar-refractivity contribution in [2.45, 2.75) is 52.2 Å². The molecule has 0 fully saturated rings. The van der Waals surface area contributed by atoms with Crippen LogP contribution in [-0.4, -0.2) is 10.7 Å². The minimum absolute atomic E-state index is 0.372. The van der Waals surface area contributed by atoms with Crippen LogP contribution in [0.1, 0.15) is 52.1 Å². The summed E-state index contributed by atoms with van der Waals surface area (Å²) >= 11 is 0. The van der Waals surface area contributed by atoms with Gasteiger partial charge < -0.3 is 10.8 Å². The minimum atomic E-state index is -0.869. The van der Waals surface area contributed by atoms with E-state index in [2.05, 4.69) is 52.0 Å². The molecule has 2 aromatic carbocycles. The van der Waals surface area contributed by atoms with Crippen LogP contribution in [0.2, 0.25) is 0 Å². The lowest BCUT2D eigenvalue weighted by Gasteiger charge is -2.37. The van der Waals surface area contributed by atoms with Gasteiger partial charge in [0.15, 0.2) is 0 Å². The molecule has 1 atom stereocenters. The van der Waals surface area contributed by atoms with Crippen LogP contribution in [0.3, 0.4) is 0 Å². The van der Waals surface area contributed by atoms with E-state index in [1.165, 1.54) is 5.39 Å². The van der Waals surface area contributed by atoms with Crippen molar-refractivity contribution in [3.63, 3.8) is 0 Å². The summed E-state index contributed by atoms with van der Waals surface area (Å²) in [5.41, 5.74) is 6.76. The van der Waals surface area contributed by atoms with Gasteiger partial charge in [-0.2, -0.15) is 0 Å². The highest BCUT2D eigenvalue weighted by molar-refractivity contribution is 5.86. The van der Waals surface area contributed by atoms with Crippen molar-refractivity contribution < 1.29 is 5.11 Å². The average Bonchev–Trinajstić information content (AvgIpc) is 2.44. The molecule has 0 unspecified atom stereocenters. The van der Waals surface area contributed by atoms with Crippen molar-refractivity contribution in [1.82, 2.24) is 0 Å². The van der Waals surface area contributed by atoms with Gasteiger partial charge in [0.25, 0.3) is 0 Å². The van der Waals surface area contributed by atoms with Gasteiger partial charge in [-0.1, -0.05) is 70.2 Å². The first-order valence-corrected chi connectivity index (χ1v) is 8.29. The van der Waals surface area contributed by atoms with Crippen LogP contribution in [0.15, 0.2) is 42.5 Å². The molecule has 0 bridgehead atoms. The lowest BCUT2D eigenvalue weighted by molar-refractivity contribution is -0.0234. The number of fused-ring (bicyclic) bond motifs is 1. The zero-order chi connectivity index (χ0) is 16.3. The highest BCUT2D eigenvalue weighted by atomic mass is 16.3. The van der Waals surface area contributed by atoms with Crippen LogP contribution < -0.4 is 5.73 Å². The van der Waals surface area contributed by atoms with Crippen LogP contribution in [-0.2, 0) is 0 Å². The SMILES string of the molecule is CC(C)CC(O)(CC(C)C)[C@H](N)c1cccc2ccccc12. The number of nitrogens with two attached hydrogens (primary N) is 1. The van der Waals surface area contributed by atoms with Crippen molar-refractivity contribution in [2.75, 3.05) is 0 Å². The first kappa shape index (κ1) is 17.0. The largest absolute Gasteiger partial charge is 0.388 e. The first-order chi connectivity index (χ1) is 10.3. The molecule has 0 aliphatic rings. The molecular formula is C20H29NO. The van der Waals surface area contributed by atoms with E-state index in [9.17, 15) is 5.11 Å². The molecule has 0 amide bonds. The Bertz CT molecular complexity index is 603. The molecule has 0 aliphatic heterocycles. The van der Waals surface area contributed by atoms with E-state index in [4.69, 9.17) is 5.73 Å². The Kier molecular flexibility index (Phi) is 5.25. The molecule has 3 N–H and O–H groups in total. The average molecular weight is 299 g/mol. The van der Waals surface area contributed by atoms with Crippen molar-refractivity contribution in [3.05, 3.63) is 48.0 Å². The normalized spacial score (nSPS) is 14.0. The molecule has 120 valence electrons. The van der Waals surface area contributed by atoms with Crippen molar-refractivity contribution in [1.29, 1.82) is 0 Å². The zero-order valence-corrected chi connectivity index (χ0v) is 14.2. The zero-order valence-electron chi connectivity index (χ0n) is 14.2. The molecule has 0 radical (unpaired) electrons. The second-order valence-corrected chi connectivity index (χ2v) is 7.35. The Hall–Kier alpha value is -1.38. The fourth-order valence-electron chi connectivity index (χ4n) is 3.56. The number of benzene rings is 2. The van der Waals surface area contributed by atoms with E-state index in [0.29, 0.717) is 11.8 Å². The van der Waals surface area contributed by atoms with Crippen molar-refractivity contribution in [3.8, 4) is 0 Å². The van der Waals surface area contributed by atoms with E-state index in [-0.39, 0.29) is 6.04 Å². The predicted molar refractivity (Wildman–Crippen MR) is 94.7 cm³/mol. The van der Waals surface area contributed by atoms with E-state index in [0.717, 1.165) is 23.8 Å². The Labute approximate surface area is 134 Å². The van der Waals surface area contributed by atoms with Crippen LogP contribution in [0.5, 0.6) is 0 Å². The fraction of sp³-hybridized carbons (Fsp3) is 0.500. The summed E-state index contributed by atoms with van der Waals surface area (Å²) in [6.07, 6.45) is 1.44. The number of rotatable bonds is 6. The van der Waals surface area contributed by atoms with Gasteiger partial charge in [-0.15, -0.1) is 0 Å². The molecule has 2 rings (SSSR count). The summed E-state index contributed by atoms with van der Waals surface area (Å²) in [5.74, 6) is 0.814. The molecule has 0 saturated carbocycles. The molecule has 0 aromatic heterocycles. The third kappa shape index (κ3) is 3.68. The van der Waals surface area contributed by atoms with E-state index < -0.39 is 5.60 Å². The van der Waals surface area contributed by atoms with Gasteiger partial charge in [0.2, 0.25) is 0 Å². The van der Waals surface area contributed by atoms with Crippen LogP contribution in [0, 0.1) is 11.8 Å². The van der Waals surface area contributed by atoms with Crippen LogP contribution in [0.4, 0.5) is 0 Å². The maximum Gasteiger partial charge on any atom is 0.0844 e. The van der Waals surface area contributed by atoms with E-state index in [1.54, 1.807) is 0 Å². The molecule has 0 spiro atoms. The molecule has 22 heavy (non-hydrogen) atoms. The summed E-state index contributed by atoms with van der Waals surface area (Å²) in [7, 11) is 0. The number of hydrogen-bond acceptors (Lipinski definition) is 2. The quantitative estimate of drug-likeness (QED) is 0.814. The smallest absolute Gasteiger partial charge is 0.0844 e. The van der Waals surface area contributed by atoms with E-state index >= 15 is 0 Å². The van der Waals surface area contributed by atoms with Gasteiger partial charge >= 0.3 is 0 Å².